The SMILES string of the molecule is NC(=S)c1cc(F)ccc1OCCCO. The monoisotopic (exact) mass is 229 g/mol. The van der Waals surface area contributed by atoms with Crippen molar-refractivity contribution >= 4 is 17.2 Å². The summed E-state index contributed by atoms with van der Waals surface area (Å²) >= 11 is 4.77. The van der Waals surface area contributed by atoms with Gasteiger partial charge in [0, 0.05) is 13.0 Å². The van der Waals surface area contributed by atoms with Gasteiger partial charge in [-0.3, -0.25) is 0 Å². The minimum absolute atomic E-state index is 0.0452. The van der Waals surface area contributed by atoms with Crippen LogP contribution in [0.2, 0.25) is 0 Å². The van der Waals surface area contributed by atoms with E-state index in [2.05, 4.69) is 0 Å². The van der Waals surface area contributed by atoms with E-state index >= 15 is 0 Å². The average molecular weight is 229 g/mol. The Kier molecular flexibility index (Phi) is 4.45. The van der Waals surface area contributed by atoms with Crippen LogP contribution < -0.4 is 10.5 Å². The number of hydrogen-bond donors (Lipinski definition) is 2. The third kappa shape index (κ3) is 3.45. The summed E-state index contributed by atoms with van der Waals surface area (Å²) in [5.74, 6) is 0.0321. The minimum Gasteiger partial charge on any atom is -0.493 e. The van der Waals surface area contributed by atoms with Crippen molar-refractivity contribution in [2.24, 2.45) is 5.73 Å². The highest BCUT2D eigenvalue weighted by Gasteiger charge is 2.07. The molecule has 0 spiro atoms. The lowest BCUT2D eigenvalue weighted by Crippen LogP contribution is -2.12. The number of ether oxygens (including phenoxy) is 1. The standard InChI is InChI=1S/C10H12FNO2S/c11-7-2-3-9(14-5-1-4-13)8(6-7)10(12)15/h2-3,6,13H,1,4-5H2,(H2,12,15). The van der Waals surface area contributed by atoms with Gasteiger partial charge in [0.05, 0.1) is 12.2 Å². The zero-order valence-corrected chi connectivity index (χ0v) is 8.89. The summed E-state index contributed by atoms with van der Waals surface area (Å²) < 4.78 is 18.2. The molecule has 0 atom stereocenters. The van der Waals surface area contributed by atoms with Crippen molar-refractivity contribution in [1.29, 1.82) is 0 Å². The zero-order chi connectivity index (χ0) is 11.3. The van der Waals surface area contributed by atoms with Crippen LogP contribution in [0.3, 0.4) is 0 Å². The number of nitrogens with two attached hydrogens (primary N) is 1. The van der Waals surface area contributed by atoms with Crippen LogP contribution in [0.4, 0.5) is 4.39 Å². The van der Waals surface area contributed by atoms with Crippen LogP contribution in [0.15, 0.2) is 18.2 Å². The molecule has 5 heteroatoms. The molecule has 82 valence electrons. The highest BCUT2D eigenvalue weighted by Crippen LogP contribution is 2.19. The third-order valence-electron chi connectivity index (χ3n) is 1.77. The second-order valence-electron chi connectivity index (χ2n) is 2.93. The van der Waals surface area contributed by atoms with Gasteiger partial charge >= 0.3 is 0 Å². The van der Waals surface area contributed by atoms with Crippen LogP contribution in [-0.2, 0) is 0 Å². The highest BCUT2D eigenvalue weighted by molar-refractivity contribution is 7.80. The topological polar surface area (TPSA) is 55.5 Å². The van der Waals surface area contributed by atoms with E-state index in [4.69, 9.17) is 27.8 Å². The minimum atomic E-state index is -0.410. The number of thiocarbonyl (C=S) groups is 1. The van der Waals surface area contributed by atoms with Gasteiger partial charge < -0.3 is 15.6 Å². The van der Waals surface area contributed by atoms with Crippen LogP contribution in [0.25, 0.3) is 0 Å². The van der Waals surface area contributed by atoms with Crippen molar-refractivity contribution in [3.8, 4) is 5.75 Å². The summed E-state index contributed by atoms with van der Waals surface area (Å²) in [5.41, 5.74) is 5.80. The van der Waals surface area contributed by atoms with Crippen LogP contribution in [0.1, 0.15) is 12.0 Å². The summed E-state index contributed by atoms with van der Waals surface area (Å²) in [4.78, 5) is 0.0912. The van der Waals surface area contributed by atoms with Crippen LogP contribution in [0, 0.1) is 5.82 Å². The van der Waals surface area contributed by atoms with E-state index in [1.807, 2.05) is 0 Å². The van der Waals surface area contributed by atoms with Gasteiger partial charge in [0.1, 0.15) is 16.6 Å². The summed E-state index contributed by atoms with van der Waals surface area (Å²) in [6.45, 7) is 0.390. The van der Waals surface area contributed by atoms with E-state index in [1.54, 1.807) is 0 Å². The van der Waals surface area contributed by atoms with Gasteiger partial charge in [0.2, 0.25) is 0 Å². The maximum Gasteiger partial charge on any atom is 0.129 e. The number of aliphatic hydroxyl groups is 1. The van der Waals surface area contributed by atoms with Crippen LogP contribution >= 0.6 is 12.2 Å². The first-order valence-electron chi connectivity index (χ1n) is 4.48. The van der Waals surface area contributed by atoms with E-state index in [0.29, 0.717) is 24.3 Å². The average Bonchev–Trinajstić information content (AvgIpc) is 2.20. The zero-order valence-electron chi connectivity index (χ0n) is 8.07. The molecule has 0 amide bonds. The van der Waals surface area contributed by atoms with E-state index in [0.717, 1.165) is 0 Å². The Morgan fingerprint density at radius 1 is 1.53 bits per heavy atom. The molecule has 0 saturated heterocycles. The fourth-order valence-corrected chi connectivity index (χ4v) is 1.23. The van der Waals surface area contributed by atoms with Gasteiger partial charge in [0.25, 0.3) is 0 Å². The maximum atomic E-state index is 12.9. The number of halogens is 1. The number of aliphatic hydroxyl groups excluding tert-OH is 1. The first-order valence-corrected chi connectivity index (χ1v) is 4.89. The molecule has 15 heavy (non-hydrogen) atoms. The van der Waals surface area contributed by atoms with Gasteiger partial charge in [-0.05, 0) is 18.2 Å². The molecule has 0 fully saturated rings. The molecule has 0 aliphatic rings. The number of hydrogen-bond acceptors (Lipinski definition) is 3. The predicted molar refractivity (Wildman–Crippen MR) is 59.5 cm³/mol. The molecule has 0 aliphatic carbocycles. The Hall–Kier alpha value is -1.20. The second-order valence-corrected chi connectivity index (χ2v) is 3.37. The van der Waals surface area contributed by atoms with Crippen molar-refractivity contribution in [2.45, 2.75) is 6.42 Å². The van der Waals surface area contributed by atoms with Crippen molar-refractivity contribution in [1.82, 2.24) is 0 Å². The molecule has 0 unspecified atom stereocenters. The largest absolute Gasteiger partial charge is 0.493 e. The fourth-order valence-electron chi connectivity index (χ4n) is 1.07. The predicted octanol–water partition coefficient (Wildman–Crippen LogP) is 1.22. The van der Waals surface area contributed by atoms with Gasteiger partial charge in [-0.1, -0.05) is 12.2 Å². The normalized spacial score (nSPS) is 10.0. The lowest BCUT2D eigenvalue weighted by molar-refractivity contribution is 0.233. The molecule has 0 heterocycles. The van der Waals surface area contributed by atoms with Crippen LogP contribution in [-0.4, -0.2) is 23.3 Å². The molecule has 0 aliphatic heterocycles. The maximum absolute atomic E-state index is 12.9. The molecule has 0 radical (unpaired) electrons. The Bertz CT molecular complexity index is 357. The Balaban J connectivity index is 2.81. The van der Waals surface area contributed by atoms with Crippen molar-refractivity contribution in [2.75, 3.05) is 13.2 Å². The number of benzene rings is 1. The van der Waals surface area contributed by atoms with Crippen molar-refractivity contribution in [3.05, 3.63) is 29.6 Å². The van der Waals surface area contributed by atoms with Crippen molar-refractivity contribution in [3.63, 3.8) is 0 Å². The van der Waals surface area contributed by atoms with E-state index in [1.165, 1.54) is 18.2 Å². The van der Waals surface area contributed by atoms with Gasteiger partial charge in [-0.2, -0.15) is 0 Å². The Morgan fingerprint density at radius 3 is 2.87 bits per heavy atom. The number of rotatable bonds is 5. The van der Waals surface area contributed by atoms with Gasteiger partial charge in [-0.25, -0.2) is 4.39 Å². The van der Waals surface area contributed by atoms with Crippen molar-refractivity contribution < 1.29 is 14.2 Å². The van der Waals surface area contributed by atoms with Gasteiger partial charge in [-0.15, -0.1) is 0 Å². The fraction of sp³-hybridized carbons (Fsp3) is 0.300. The second kappa shape index (κ2) is 5.63. The Labute approximate surface area is 92.7 Å². The van der Waals surface area contributed by atoms with E-state index < -0.39 is 5.82 Å². The lowest BCUT2D eigenvalue weighted by Gasteiger charge is -2.09. The summed E-state index contributed by atoms with van der Waals surface area (Å²) in [6.07, 6.45) is 0.508. The molecule has 1 aromatic carbocycles. The van der Waals surface area contributed by atoms with E-state index in [9.17, 15) is 4.39 Å². The molecule has 0 saturated carbocycles. The third-order valence-corrected chi connectivity index (χ3v) is 1.99. The summed E-state index contributed by atoms with van der Waals surface area (Å²) in [7, 11) is 0. The van der Waals surface area contributed by atoms with E-state index in [-0.39, 0.29) is 11.6 Å². The van der Waals surface area contributed by atoms with Crippen LogP contribution in [0.5, 0.6) is 5.75 Å². The molecule has 1 aromatic rings. The highest BCUT2D eigenvalue weighted by atomic mass is 32.1. The lowest BCUT2D eigenvalue weighted by atomic mass is 10.2. The first-order chi connectivity index (χ1) is 7.15. The molecule has 3 N–H and O–H groups in total. The Morgan fingerprint density at radius 2 is 2.27 bits per heavy atom. The quantitative estimate of drug-likeness (QED) is 0.589. The summed E-state index contributed by atoms with van der Waals surface area (Å²) in [5, 5.41) is 8.58. The molecule has 3 nitrogen and oxygen atoms in total. The molecule has 1 rings (SSSR count). The smallest absolute Gasteiger partial charge is 0.129 e. The molecular formula is C10H12FNO2S. The summed E-state index contributed by atoms with van der Waals surface area (Å²) in [6, 6.07) is 3.98. The molecule has 0 aromatic heterocycles. The first kappa shape index (κ1) is 11.9. The van der Waals surface area contributed by atoms with Gasteiger partial charge in [0.15, 0.2) is 0 Å². The molecular weight excluding hydrogens is 217 g/mol. The molecule has 0 bridgehead atoms.